The number of likely N-dealkylation sites (N-methyl/N-ethyl adjacent to an activating group) is 1. The van der Waals surface area contributed by atoms with E-state index in [1.165, 1.54) is 0 Å². The highest BCUT2D eigenvalue weighted by Gasteiger charge is 2.13. The second-order valence-corrected chi connectivity index (χ2v) is 5.46. The summed E-state index contributed by atoms with van der Waals surface area (Å²) in [5.74, 6) is 1.85. The molecule has 22 heavy (non-hydrogen) atoms. The van der Waals surface area contributed by atoms with Gasteiger partial charge in [0.1, 0.15) is 0 Å². The number of nitrogens with two attached hydrogens (primary N) is 1. The monoisotopic (exact) mass is 355 g/mol. The van der Waals surface area contributed by atoms with Gasteiger partial charge in [-0.15, -0.1) is 24.8 Å². The van der Waals surface area contributed by atoms with E-state index in [0.29, 0.717) is 18.4 Å². The van der Waals surface area contributed by atoms with Crippen molar-refractivity contribution in [2.24, 2.45) is 11.7 Å². The van der Waals surface area contributed by atoms with E-state index in [0.717, 1.165) is 45.1 Å². The zero-order chi connectivity index (χ0) is 15.0. The van der Waals surface area contributed by atoms with Crippen LogP contribution in [0.3, 0.4) is 0 Å². The summed E-state index contributed by atoms with van der Waals surface area (Å²) in [6.45, 7) is 15.2. The predicted octanol–water partition coefficient (Wildman–Crippen LogP) is 2.17. The number of hydrogen-bond donors (Lipinski definition) is 1. The van der Waals surface area contributed by atoms with Gasteiger partial charge in [0.15, 0.2) is 5.82 Å². The first-order valence-electron chi connectivity index (χ1n) is 7.55. The second kappa shape index (κ2) is 13.1. The van der Waals surface area contributed by atoms with Gasteiger partial charge >= 0.3 is 0 Å². The van der Waals surface area contributed by atoms with Crippen LogP contribution in [0.2, 0.25) is 0 Å². The lowest BCUT2D eigenvalue weighted by molar-refractivity contribution is 0.187. The highest BCUT2D eigenvalue weighted by molar-refractivity contribution is 5.85. The molecule has 0 saturated heterocycles. The third kappa shape index (κ3) is 8.90. The Labute approximate surface area is 146 Å². The van der Waals surface area contributed by atoms with Crippen molar-refractivity contribution in [3.8, 4) is 0 Å². The molecule has 0 atom stereocenters. The van der Waals surface area contributed by atoms with Gasteiger partial charge in [0.2, 0.25) is 5.89 Å². The molecule has 0 bridgehead atoms. The van der Waals surface area contributed by atoms with Gasteiger partial charge in [-0.05, 0) is 19.0 Å². The Hall–Kier alpha value is -0.400. The molecule has 0 saturated carbocycles. The third-order valence-corrected chi connectivity index (χ3v) is 3.30. The Morgan fingerprint density at radius 3 is 2.14 bits per heavy atom. The molecule has 2 N–H and O–H groups in total. The molecule has 1 rings (SSSR count). The predicted molar refractivity (Wildman–Crippen MR) is 94.6 cm³/mol. The van der Waals surface area contributed by atoms with Crippen molar-refractivity contribution in [2.45, 2.75) is 40.8 Å². The van der Waals surface area contributed by atoms with Gasteiger partial charge in [0.25, 0.3) is 0 Å². The van der Waals surface area contributed by atoms with Crippen LogP contribution < -0.4 is 5.73 Å². The maximum absolute atomic E-state index is 5.49. The molecule has 1 heterocycles. The molecular weight excluding hydrogens is 325 g/mol. The molecule has 0 radical (unpaired) electrons. The quantitative estimate of drug-likeness (QED) is 0.693. The van der Waals surface area contributed by atoms with Crippen molar-refractivity contribution < 1.29 is 4.52 Å². The Bertz CT molecular complexity index is 372. The van der Waals surface area contributed by atoms with Crippen LogP contribution in [-0.2, 0) is 13.1 Å². The summed E-state index contributed by atoms with van der Waals surface area (Å²) in [5.41, 5.74) is 5.49. The molecular formula is C14H31Cl2N5O. The van der Waals surface area contributed by atoms with E-state index in [1.807, 2.05) is 0 Å². The van der Waals surface area contributed by atoms with Gasteiger partial charge in [0, 0.05) is 19.6 Å². The SMILES string of the molecule is CCN(CC)CCN(Cc1noc(CN)n1)CC(C)C.Cl.Cl. The largest absolute Gasteiger partial charge is 0.338 e. The fourth-order valence-corrected chi connectivity index (χ4v) is 2.21. The molecule has 0 fully saturated rings. The van der Waals surface area contributed by atoms with E-state index in [-0.39, 0.29) is 24.8 Å². The van der Waals surface area contributed by atoms with E-state index < -0.39 is 0 Å². The van der Waals surface area contributed by atoms with Crippen molar-refractivity contribution in [3.63, 3.8) is 0 Å². The van der Waals surface area contributed by atoms with Crippen LogP contribution >= 0.6 is 24.8 Å². The summed E-state index contributed by atoms with van der Waals surface area (Å²) in [5, 5.41) is 3.98. The van der Waals surface area contributed by atoms with Crippen molar-refractivity contribution in [3.05, 3.63) is 11.7 Å². The van der Waals surface area contributed by atoms with Crippen LogP contribution in [0, 0.1) is 5.92 Å². The number of halogens is 2. The maximum Gasteiger partial charge on any atom is 0.240 e. The topological polar surface area (TPSA) is 71.4 Å². The van der Waals surface area contributed by atoms with Gasteiger partial charge < -0.3 is 15.2 Å². The molecule has 0 spiro atoms. The summed E-state index contributed by atoms with van der Waals surface area (Å²) >= 11 is 0. The van der Waals surface area contributed by atoms with Gasteiger partial charge in [-0.1, -0.05) is 32.9 Å². The summed E-state index contributed by atoms with van der Waals surface area (Å²) in [7, 11) is 0. The Morgan fingerprint density at radius 2 is 1.68 bits per heavy atom. The van der Waals surface area contributed by atoms with E-state index in [4.69, 9.17) is 10.3 Å². The third-order valence-electron chi connectivity index (χ3n) is 3.30. The zero-order valence-corrected chi connectivity index (χ0v) is 15.8. The average molecular weight is 356 g/mol. The number of rotatable bonds is 10. The smallest absolute Gasteiger partial charge is 0.240 e. The summed E-state index contributed by atoms with van der Waals surface area (Å²) in [6.07, 6.45) is 0. The van der Waals surface area contributed by atoms with E-state index in [2.05, 4.69) is 47.6 Å². The van der Waals surface area contributed by atoms with Crippen LogP contribution in [0.15, 0.2) is 4.52 Å². The fraction of sp³-hybridized carbons (Fsp3) is 0.857. The first-order chi connectivity index (χ1) is 9.58. The van der Waals surface area contributed by atoms with Gasteiger partial charge in [-0.3, -0.25) is 4.90 Å². The van der Waals surface area contributed by atoms with E-state index >= 15 is 0 Å². The zero-order valence-electron chi connectivity index (χ0n) is 14.1. The van der Waals surface area contributed by atoms with E-state index in [9.17, 15) is 0 Å². The van der Waals surface area contributed by atoms with Crippen molar-refractivity contribution >= 4 is 24.8 Å². The highest BCUT2D eigenvalue weighted by Crippen LogP contribution is 2.06. The second-order valence-electron chi connectivity index (χ2n) is 5.46. The number of aromatic nitrogens is 2. The lowest BCUT2D eigenvalue weighted by Crippen LogP contribution is -2.36. The molecule has 0 aromatic carbocycles. The summed E-state index contributed by atoms with van der Waals surface area (Å²) in [4.78, 5) is 9.09. The van der Waals surface area contributed by atoms with Crippen LogP contribution in [-0.4, -0.2) is 52.7 Å². The summed E-state index contributed by atoms with van der Waals surface area (Å²) < 4.78 is 5.06. The molecule has 132 valence electrons. The molecule has 1 aromatic rings. The lowest BCUT2D eigenvalue weighted by atomic mass is 10.2. The lowest BCUT2D eigenvalue weighted by Gasteiger charge is -2.26. The molecule has 1 aromatic heterocycles. The molecule has 8 heteroatoms. The normalized spacial score (nSPS) is 10.9. The number of nitrogens with zero attached hydrogens (tertiary/aromatic N) is 4. The molecule has 0 aliphatic rings. The Balaban J connectivity index is 0. The van der Waals surface area contributed by atoms with E-state index in [1.54, 1.807) is 0 Å². The molecule has 0 aliphatic carbocycles. The molecule has 6 nitrogen and oxygen atoms in total. The standard InChI is InChI=1S/C14H29N5O.2ClH/c1-5-18(6-2)7-8-19(10-12(3)4)11-13-16-14(9-15)20-17-13;;/h12H,5-11,15H2,1-4H3;2*1H. The van der Waals surface area contributed by atoms with Gasteiger partial charge in [-0.2, -0.15) is 4.98 Å². The summed E-state index contributed by atoms with van der Waals surface area (Å²) in [6, 6.07) is 0. The molecule has 0 unspecified atom stereocenters. The minimum atomic E-state index is 0. The molecule has 0 aliphatic heterocycles. The van der Waals surface area contributed by atoms with Gasteiger partial charge in [0.05, 0.1) is 13.1 Å². The van der Waals surface area contributed by atoms with Crippen molar-refractivity contribution in [1.82, 2.24) is 19.9 Å². The minimum absolute atomic E-state index is 0. The first-order valence-corrected chi connectivity index (χ1v) is 7.55. The first kappa shape index (κ1) is 23.9. The van der Waals surface area contributed by atoms with Crippen LogP contribution in [0.5, 0.6) is 0 Å². The Kier molecular flexibility index (Phi) is 14.2. The molecule has 0 amide bonds. The van der Waals surface area contributed by atoms with Gasteiger partial charge in [-0.25, -0.2) is 0 Å². The van der Waals surface area contributed by atoms with Crippen LogP contribution in [0.4, 0.5) is 0 Å². The van der Waals surface area contributed by atoms with Crippen LogP contribution in [0.1, 0.15) is 39.4 Å². The fourth-order valence-electron chi connectivity index (χ4n) is 2.21. The van der Waals surface area contributed by atoms with Crippen LogP contribution in [0.25, 0.3) is 0 Å². The Morgan fingerprint density at radius 1 is 1.09 bits per heavy atom. The maximum atomic E-state index is 5.49. The van der Waals surface area contributed by atoms with Crippen molar-refractivity contribution in [2.75, 3.05) is 32.7 Å². The number of hydrogen-bond acceptors (Lipinski definition) is 6. The average Bonchev–Trinajstić information content (AvgIpc) is 2.86. The van der Waals surface area contributed by atoms with Crippen molar-refractivity contribution in [1.29, 1.82) is 0 Å². The highest BCUT2D eigenvalue weighted by atomic mass is 35.5. The minimum Gasteiger partial charge on any atom is -0.338 e.